The van der Waals surface area contributed by atoms with Gasteiger partial charge in [-0.25, -0.2) is 0 Å². The lowest BCUT2D eigenvalue weighted by Crippen LogP contribution is -2.37. The SMILES string of the molecule is Cn1nc(-c2nc(Cc3ccccc3)no2)c2c1CCN(C(=O)Cc1ccccc1Cl)C2. The molecule has 0 unspecified atom stereocenters. The Balaban J connectivity index is 1.37. The van der Waals surface area contributed by atoms with Gasteiger partial charge in [0.1, 0.15) is 0 Å². The maximum atomic E-state index is 13.0. The Labute approximate surface area is 190 Å². The number of carbonyl (C=O) groups excluding carboxylic acids is 1. The third-order valence-electron chi connectivity index (χ3n) is 5.77. The Kier molecular flexibility index (Phi) is 5.49. The fourth-order valence-corrected chi connectivity index (χ4v) is 4.30. The summed E-state index contributed by atoms with van der Waals surface area (Å²) in [4.78, 5) is 19.4. The van der Waals surface area contributed by atoms with Crippen molar-refractivity contribution < 1.29 is 9.32 Å². The van der Waals surface area contributed by atoms with Gasteiger partial charge >= 0.3 is 0 Å². The average molecular weight is 448 g/mol. The molecule has 0 aliphatic carbocycles. The minimum atomic E-state index is 0.0360. The van der Waals surface area contributed by atoms with Gasteiger partial charge in [0.25, 0.3) is 5.89 Å². The first-order valence-electron chi connectivity index (χ1n) is 10.5. The largest absolute Gasteiger partial charge is 0.338 e. The molecule has 8 heteroatoms. The van der Waals surface area contributed by atoms with E-state index in [0.717, 1.165) is 28.8 Å². The Bertz CT molecular complexity index is 1260. The minimum Gasteiger partial charge on any atom is -0.338 e. The minimum absolute atomic E-state index is 0.0360. The molecule has 7 nitrogen and oxygen atoms in total. The Hall–Kier alpha value is -3.45. The second-order valence-electron chi connectivity index (χ2n) is 7.91. The number of amides is 1. The molecule has 4 aromatic rings. The van der Waals surface area contributed by atoms with Gasteiger partial charge in [-0.15, -0.1) is 0 Å². The highest BCUT2D eigenvalue weighted by atomic mass is 35.5. The topological polar surface area (TPSA) is 77.1 Å². The van der Waals surface area contributed by atoms with Crippen LogP contribution >= 0.6 is 11.6 Å². The van der Waals surface area contributed by atoms with Crippen LogP contribution in [0, 0.1) is 0 Å². The molecule has 0 fully saturated rings. The predicted molar refractivity (Wildman–Crippen MR) is 120 cm³/mol. The van der Waals surface area contributed by atoms with E-state index in [1.54, 1.807) is 6.07 Å². The van der Waals surface area contributed by atoms with E-state index in [4.69, 9.17) is 16.1 Å². The van der Waals surface area contributed by atoms with Gasteiger partial charge in [0.15, 0.2) is 11.5 Å². The van der Waals surface area contributed by atoms with E-state index in [2.05, 4.69) is 15.2 Å². The van der Waals surface area contributed by atoms with Gasteiger partial charge in [-0.2, -0.15) is 10.1 Å². The normalized spacial score (nSPS) is 13.2. The quantitative estimate of drug-likeness (QED) is 0.464. The summed E-state index contributed by atoms with van der Waals surface area (Å²) < 4.78 is 7.40. The van der Waals surface area contributed by atoms with Crippen molar-refractivity contribution in [1.82, 2.24) is 24.8 Å². The van der Waals surface area contributed by atoms with E-state index < -0.39 is 0 Å². The Morgan fingerprint density at radius 1 is 1.12 bits per heavy atom. The van der Waals surface area contributed by atoms with Gasteiger partial charge in [-0.1, -0.05) is 65.3 Å². The molecule has 0 N–H and O–H groups in total. The summed E-state index contributed by atoms with van der Waals surface area (Å²) >= 11 is 6.25. The fraction of sp³-hybridized carbons (Fsp3) is 0.250. The number of nitrogens with zero attached hydrogens (tertiary/aromatic N) is 5. The molecule has 2 aromatic heterocycles. The number of hydrogen-bond acceptors (Lipinski definition) is 5. The number of benzene rings is 2. The molecule has 162 valence electrons. The first-order chi connectivity index (χ1) is 15.6. The average Bonchev–Trinajstić information content (AvgIpc) is 3.40. The fourth-order valence-electron chi connectivity index (χ4n) is 4.09. The van der Waals surface area contributed by atoms with Gasteiger partial charge in [-0.3, -0.25) is 9.48 Å². The van der Waals surface area contributed by atoms with Gasteiger partial charge in [0.05, 0.1) is 6.42 Å². The number of fused-ring (bicyclic) bond motifs is 1. The molecule has 1 aliphatic heterocycles. The van der Waals surface area contributed by atoms with E-state index in [-0.39, 0.29) is 12.3 Å². The summed E-state index contributed by atoms with van der Waals surface area (Å²) in [6.45, 7) is 1.09. The molecule has 32 heavy (non-hydrogen) atoms. The van der Waals surface area contributed by atoms with Crippen LogP contribution in [0.5, 0.6) is 0 Å². The molecule has 0 bridgehead atoms. The van der Waals surface area contributed by atoms with E-state index >= 15 is 0 Å². The molecular weight excluding hydrogens is 426 g/mol. The smallest absolute Gasteiger partial charge is 0.278 e. The maximum absolute atomic E-state index is 13.0. The van der Waals surface area contributed by atoms with Crippen LogP contribution in [-0.4, -0.2) is 37.3 Å². The molecular formula is C24H22ClN5O2. The van der Waals surface area contributed by atoms with Crippen LogP contribution in [0.2, 0.25) is 5.02 Å². The summed E-state index contributed by atoms with van der Waals surface area (Å²) in [6, 6.07) is 17.5. The summed E-state index contributed by atoms with van der Waals surface area (Å²) in [5.41, 5.74) is 4.63. The van der Waals surface area contributed by atoms with Crippen molar-refractivity contribution in [3.8, 4) is 11.6 Å². The van der Waals surface area contributed by atoms with Crippen molar-refractivity contribution in [3.05, 3.63) is 87.8 Å². The van der Waals surface area contributed by atoms with Crippen molar-refractivity contribution in [2.24, 2.45) is 7.05 Å². The second-order valence-corrected chi connectivity index (χ2v) is 8.32. The Morgan fingerprint density at radius 3 is 2.72 bits per heavy atom. The highest BCUT2D eigenvalue weighted by Crippen LogP contribution is 2.29. The third-order valence-corrected chi connectivity index (χ3v) is 6.14. The third kappa shape index (κ3) is 4.03. The van der Waals surface area contributed by atoms with E-state index in [1.165, 1.54) is 0 Å². The lowest BCUT2D eigenvalue weighted by molar-refractivity contribution is -0.131. The van der Waals surface area contributed by atoms with Crippen LogP contribution in [0.15, 0.2) is 59.1 Å². The molecule has 0 radical (unpaired) electrons. The van der Waals surface area contributed by atoms with Gasteiger partial charge in [0.2, 0.25) is 5.91 Å². The highest BCUT2D eigenvalue weighted by molar-refractivity contribution is 6.31. The summed E-state index contributed by atoms with van der Waals surface area (Å²) in [7, 11) is 1.91. The number of aryl methyl sites for hydroxylation is 1. The zero-order chi connectivity index (χ0) is 22.1. The summed E-state index contributed by atoms with van der Waals surface area (Å²) in [5, 5.41) is 9.38. The van der Waals surface area contributed by atoms with Crippen molar-refractivity contribution in [2.45, 2.75) is 25.8 Å². The lowest BCUT2D eigenvalue weighted by atomic mass is 10.0. The molecule has 1 aliphatic rings. The number of carbonyl (C=O) groups is 1. The molecule has 0 saturated carbocycles. The zero-order valence-corrected chi connectivity index (χ0v) is 18.4. The van der Waals surface area contributed by atoms with Crippen molar-refractivity contribution >= 4 is 17.5 Å². The lowest BCUT2D eigenvalue weighted by Gasteiger charge is -2.27. The number of rotatable bonds is 5. The van der Waals surface area contributed by atoms with Gasteiger partial charge < -0.3 is 9.42 Å². The molecule has 0 saturated heterocycles. The van der Waals surface area contributed by atoms with E-state index in [0.29, 0.717) is 41.9 Å². The molecule has 0 atom stereocenters. The van der Waals surface area contributed by atoms with E-state index in [1.807, 2.05) is 65.2 Å². The highest BCUT2D eigenvalue weighted by Gasteiger charge is 2.29. The molecule has 1 amide bonds. The van der Waals surface area contributed by atoms with Crippen molar-refractivity contribution in [3.63, 3.8) is 0 Å². The first-order valence-corrected chi connectivity index (χ1v) is 10.9. The van der Waals surface area contributed by atoms with Crippen LogP contribution in [0.1, 0.15) is 28.2 Å². The van der Waals surface area contributed by atoms with Crippen LogP contribution in [0.25, 0.3) is 11.6 Å². The number of aromatic nitrogens is 4. The Morgan fingerprint density at radius 2 is 1.91 bits per heavy atom. The first kappa shape index (κ1) is 20.5. The monoisotopic (exact) mass is 447 g/mol. The van der Waals surface area contributed by atoms with Crippen LogP contribution in [-0.2, 0) is 37.6 Å². The molecule has 5 rings (SSSR count). The van der Waals surface area contributed by atoms with Gasteiger partial charge in [0, 0.05) is 49.3 Å². The molecule has 0 spiro atoms. The van der Waals surface area contributed by atoms with Gasteiger partial charge in [-0.05, 0) is 17.2 Å². The zero-order valence-electron chi connectivity index (χ0n) is 17.7. The summed E-state index contributed by atoms with van der Waals surface area (Å²) in [6.07, 6.45) is 1.58. The molecule has 2 aromatic carbocycles. The van der Waals surface area contributed by atoms with Crippen molar-refractivity contribution in [1.29, 1.82) is 0 Å². The van der Waals surface area contributed by atoms with Crippen LogP contribution in [0.4, 0.5) is 0 Å². The number of hydrogen-bond donors (Lipinski definition) is 0. The van der Waals surface area contributed by atoms with Crippen molar-refractivity contribution in [2.75, 3.05) is 6.54 Å². The van der Waals surface area contributed by atoms with Crippen LogP contribution in [0.3, 0.4) is 0 Å². The standard InChI is InChI=1S/C24H22ClN5O2/c1-29-20-11-12-30(22(31)14-17-9-5-6-10-19(17)25)15-18(20)23(27-29)24-26-21(28-32-24)13-16-7-3-2-4-8-16/h2-10H,11-15H2,1H3. The second kappa shape index (κ2) is 8.59. The number of halogens is 1. The molecule has 3 heterocycles. The predicted octanol–water partition coefficient (Wildman–Crippen LogP) is 3.84. The van der Waals surface area contributed by atoms with Crippen LogP contribution < -0.4 is 0 Å². The summed E-state index contributed by atoms with van der Waals surface area (Å²) in [5.74, 6) is 1.02. The maximum Gasteiger partial charge on any atom is 0.278 e. The van der Waals surface area contributed by atoms with E-state index in [9.17, 15) is 4.79 Å².